The van der Waals surface area contributed by atoms with Gasteiger partial charge in [0.25, 0.3) is 0 Å². The van der Waals surface area contributed by atoms with Crippen LogP contribution < -0.4 is 14.2 Å². The maximum atomic E-state index is 13.1. The van der Waals surface area contributed by atoms with Gasteiger partial charge in [0.1, 0.15) is 35.5 Å². The number of aryl methyl sites for hydroxylation is 2. The van der Waals surface area contributed by atoms with Gasteiger partial charge in [-0.1, -0.05) is 42.5 Å². The van der Waals surface area contributed by atoms with Gasteiger partial charge in [0, 0.05) is 6.92 Å². The van der Waals surface area contributed by atoms with Crippen molar-refractivity contribution >= 4 is 17.9 Å². The standard InChI is InChI=1S/C29H31NO7/c1-20(31)36-27-15-8-6-13-24(27)28(32)35-19-25(30(2)3)29(33)37-26-14-7-5-11-22(26)17-16-21-10-9-12-23(18-21)34-4/h5-15,18,25H,16-17,19H2,1-4H3. The van der Waals surface area contributed by atoms with Crippen LogP contribution in [0.25, 0.3) is 0 Å². The third kappa shape index (κ3) is 7.91. The zero-order chi connectivity index (χ0) is 26.8. The number of nitrogens with zero attached hydrogens (tertiary/aromatic N) is 1. The molecule has 0 aliphatic rings. The fourth-order valence-corrected chi connectivity index (χ4v) is 3.63. The number of hydrogen-bond acceptors (Lipinski definition) is 8. The first-order valence-corrected chi connectivity index (χ1v) is 11.8. The van der Waals surface area contributed by atoms with Crippen molar-refractivity contribution < 1.29 is 33.3 Å². The quantitative estimate of drug-likeness (QED) is 0.284. The first-order valence-electron chi connectivity index (χ1n) is 11.8. The van der Waals surface area contributed by atoms with Gasteiger partial charge in [0.2, 0.25) is 0 Å². The summed E-state index contributed by atoms with van der Waals surface area (Å²) in [6.45, 7) is 1.000. The molecule has 3 rings (SSSR count). The van der Waals surface area contributed by atoms with Crippen molar-refractivity contribution in [1.29, 1.82) is 0 Å². The minimum Gasteiger partial charge on any atom is -0.497 e. The number of hydrogen-bond donors (Lipinski definition) is 0. The molecular weight excluding hydrogens is 474 g/mol. The van der Waals surface area contributed by atoms with E-state index in [1.54, 1.807) is 50.4 Å². The third-order valence-electron chi connectivity index (χ3n) is 5.63. The molecule has 8 nitrogen and oxygen atoms in total. The zero-order valence-electron chi connectivity index (χ0n) is 21.4. The first-order chi connectivity index (χ1) is 17.8. The lowest BCUT2D eigenvalue weighted by Gasteiger charge is -2.23. The van der Waals surface area contributed by atoms with Gasteiger partial charge >= 0.3 is 17.9 Å². The molecule has 0 N–H and O–H groups in total. The summed E-state index contributed by atoms with van der Waals surface area (Å²) in [5.41, 5.74) is 2.07. The summed E-state index contributed by atoms with van der Waals surface area (Å²) in [6, 6.07) is 20.6. The highest BCUT2D eigenvalue weighted by atomic mass is 16.6. The smallest absolute Gasteiger partial charge is 0.342 e. The number of carbonyl (C=O) groups is 3. The van der Waals surface area contributed by atoms with Gasteiger partial charge in [-0.2, -0.15) is 0 Å². The number of likely N-dealkylation sites (N-methyl/N-ethyl adjacent to an activating group) is 1. The van der Waals surface area contributed by atoms with E-state index in [4.69, 9.17) is 18.9 Å². The van der Waals surface area contributed by atoms with E-state index in [0.717, 1.165) is 23.3 Å². The van der Waals surface area contributed by atoms with Crippen molar-refractivity contribution in [3.8, 4) is 17.2 Å². The van der Waals surface area contributed by atoms with E-state index in [2.05, 4.69) is 0 Å². The average molecular weight is 506 g/mol. The number of ether oxygens (including phenoxy) is 4. The van der Waals surface area contributed by atoms with Crippen molar-refractivity contribution in [2.75, 3.05) is 27.8 Å². The first kappa shape index (κ1) is 27.4. The lowest BCUT2D eigenvalue weighted by Crippen LogP contribution is -2.42. The Morgan fingerprint density at radius 2 is 1.54 bits per heavy atom. The predicted octanol–water partition coefficient (Wildman–Crippen LogP) is 4.10. The Labute approximate surface area is 216 Å². The molecule has 1 atom stereocenters. The molecule has 3 aromatic rings. The van der Waals surface area contributed by atoms with Gasteiger partial charge in [0.05, 0.1) is 7.11 Å². The molecule has 0 bridgehead atoms. The van der Waals surface area contributed by atoms with Crippen LogP contribution in [0.5, 0.6) is 17.2 Å². The molecule has 3 aromatic carbocycles. The van der Waals surface area contributed by atoms with Crippen molar-refractivity contribution in [3.63, 3.8) is 0 Å². The van der Waals surface area contributed by atoms with E-state index < -0.39 is 23.9 Å². The molecule has 0 fully saturated rings. The molecule has 37 heavy (non-hydrogen) atoms. The van der Waals surface area contributed by atoms with E-state index in [1.165, 1.54) is 19.1 Å². The molecular formula is C29H31NO7. The predicted molar refractivity (Wildman–Crippen MR) is 138 cm³/mol. The molecule has 0 radical (unpaired) electrons. The summed E-state index contributed by atoms with van der Waals surface area (Å²) in [5, 5.41) is 0. The monoisotopic (exact) mass is 505 g/mol. The molecule has 1 unspecified atom stereocenters. The highest BCUT2D eigenvalue weighted by molar-refractivity contribution is 5.93. The van der Waals surface area contributed by atoms with Crippen LogP contribution in [0.3, 0.4) is 0 Å². The van der Waals surface area contributed by atoms with Gasteiger partial charge in [-0.15, -0.1) is 0 Å². The van der Waals surface area contributed by atoms with Gasteiger partial charge in [-0.3, -0.25) is 9.69 Å². The maximum absolute atomic E-state index is 13.1. The summed E-state index contributed by atoms with van der Waals surface area (Å²) in [6.07, 6.45) is 1.40. The number of methoxy groups -OCH3 is 1. The van der Waals surface area contributed by atoms with E-state index in [0.29, 0.717) is 12.2 Å². The number of benzene rings is 3. The minimum atomic E-state index is -0.851. The summed E-state index contributed by atoms with van der Waals surface area (Å²) >= 11 is 0. The second-order valence-electron chi connectivity index (χ2n) is 8.55. The van der Waals surface area contributed by atoms with E-state index in [1.807, 2.05) is 36.4 Å². The number of rotatable bonds is 11. The van der Waals surface area contributed by atoms with Crippen molar-refractivity contribution in [2.45, 2.75) is 25.8 Å². The molecule has 8 heteroatoms. The third-order valence-corrected chi connectivity index (χ3v) is 5.63. The number of carbonyl (C=O) groups excluding carboxylic acids is 3. The molecule has 0 heterocycles. The molecule has 0 aliphatic carbocycles. The van der Waals surface area contributed by atoms with Crippen molar-refractivity contribution in [1.82, 2.24) is 4.90 Å². The van der Waals surface area contributed by atoms with Crippen molar-refractivity contribution in [2.24, 2.45) is 0 Å². The average Bonchev–Trinajstić information content (AvgIpc) is 2.88. The van der Waals surface area contributed by atoms with Crippen LogP contribution >= 0.6 is 0 Å². The van der Waals surface area contributed by atoms with Crippen LogP contribution in [-0.2, 0) is 27.2 Å². The van der Waals surface area contributed by atoms with Crippen LogP contribution in [0, 0.1) is 0 Å². The lowest BCUT2D eigenvalue weighted by atomic mass is 10.0. The number of esters is 3. The van der Waals surface area contributed by atoms with E-state index in [9.17, 15) is 14.4 Å². The number of para-hydroxylation sites is 2. The summed E-state index contributed by atoms with van der Waals surface area (Å²) in [4.78, 5) is 38.7. The topological polar surface area (TPSA) is 91.4 Å². The summed E-state index contributed by atoms with van der Waals surface area (Å²) in [7, 11) is 5.02. The highest BCUT2D eigenvalue weighted by Gasteiger charge is 2.27. The SMILES string of the molecule is COc1cccc(CCc2ccccc2OC(=O)C(COC(=O)c2ccccc2OC(C)=O)N(C)C)c1. The van der Waals surface area contributed by atoms with Crippen LogP contribution in [0.15, 0.2) is 72.8 Å². The Morgan fingerprint density at radius 1 is 0.838 bits per heavy atom. The fraction of sp³-hybridized carbons (Fsp3) is 0.276. The van der Waals surface area contributed by atoms with Gasteiger partial charge in [-0.25, -0.2) is 9.59 Å². The van der Waals surface area contributed by atoms with Crippen LogP contribution in [0.4, 0.5) is 0 Å². The Hall–Kier alpha value is -4.17. The second-order valence-corrected chi connectivity index (χ2v) is 8.55. The molecule has 0 aliphatic heterocycles. The summed E-state index contributed by atoms with van der Waals surface area (Å²) in [5.74, 6) is -0.492. The highest BCUT2D eigenvalue weighted by Crippen LogP contribution is 2.23. The van der Waals surface area contributed by atoms with Gasteiger partial charge in [0.15, 0.2) is 0 Å². The van der Waals surface area contributed by atoms with Gasteiger partial charge < -0.3 is 18.9 Å². The zero-order valence-corrected chi connectivity index (χ0v) is 21.4. The Balaban J connectivity index is 1.66. The molecule has 0 spiro atoms. The molecule has 0 saturated heterocycles. The second kappa shape index (κ2) is 13.2. The molecule has 0 amide bonds. The Kier molecular flexibility index (Phi) is 9.80. The van der Waals surface area contributed by atoms with E-state index >= 15 is 0 Å². The molecule has 194 valence electrons. The lowest BCUT2D eigenvalue weighted by molar-refractivity contribution is -0.141. The summed E-state index contributed by atoms with van der Waals surface area (Å²) < 4.78 is 21.5. The molecule has 0 saturated carbocycles. The van der Waals surface area contributed by atoms with Gasteiger partial charge in [-0.05, 0) is 68.4 Å². The largest absolute Gasteiger partial charge is 0.497 e. The molecule has 0 aromatic heterocycles. The van der Waals surface area contributed by atoms with Crippen LogP contribution in [0.1, 0.15) is 28.4 Å². The van der Waals surface area contributed by atoms with Crippen LogP contribution in [0.2, 0.25) is 0 Å². The minimum absolute atomic E-state index is 0.0893. The van der Waals surface area contributed by atoms with E-state index in [-0.39, 0.29) is 17.9 Å². The fourth-order valence-electron chi connectivity index (χ4n) is 3.63. The normalized spacial score (nSPS) is 11.5. The Bertz CT molecular complexity index is 1240. The maximum Gasteiger partial charge on any atom is 0.342 e. The Morgan fingerprint density at radius 3 is 2.24 bits per heavy atom. The van der Waals surface area contributed by atoms with Crippen LogP contribution in [-0.4, -0.2) is 56.7 Å². The van der Waals surface area contributed by atoms with Crippen molar-refractivity contribution in [3.05, 3.63) is 89.5 Å².